The van der Waals surface area contributed by atoms with Crippen molar-refractivity contribution in [1.82, 2.24) is 20.7 Å². The van der Waals surface area contributed by atoms with Crippen LogP contribution in [0.3, 0.4) is 0 Å². The molecule has 3 amide bonds. The molecule has 10 heteroatoms. The van der Waals surface area contributed by atoms with Crippen LogP contribution in [0.5, 0.6) is 0 Å². The van der Waals surface area contributed by atoms with E-state index in [1.165, 1.54) is 0 Å². The molecule has 0 aliphatic carbocycles. The molecule has 0 saturated heterocycles. The standard InChI is InChI=1S/C16H20N6O4/c1-2-6-11(15(24)19-14-12(13(17)23)20-22-21-14)18-16(25)26-9-10-7-4-3-5-8-10/h3-5,7-8,11H,2,6,9H2,1H3,(H2,17,23)(H,18,25)(H2,19,20,21,22,24). The van der Waals surface area contributed by atoms with E-state index in [0.717, 1.165) is 5.56 Å². The molecule has 2 aromatic rings. The number of hydrogen-bond donors (Lipinski definition) is 4. The zero-order valence-corrected chi connectivity index (χ0v) is 14.2. The van der Waals surface area contributed by atoms with Gasteiger partial charge in [-0.3, -0.25) is 9.59 Å². The highest BCUT2D eigenvalue weighted by Crippen LogP contribution is 2.09. The fourth-order valence-electron chi connectivity index (χ4n) is 2.16. The molecule has 0 fully saturated rings. The first kappa shape index (κ1) is 18.9. The second-order valence-corrected chi connectivity index (χ2v) is 5.42. The van der Waals surface area contributed by atoms with Crippen LogP contribution in [0.4, 0.5) is 10.6 Å². The van der Waals surface area contributed by atoms with Crippen LogP contribution in [-0.4, -0.2) is 39.4 Å². The molecule has 26 heavy (non-hydrogen) atoms. The Labute approximate surface area is 149 Å². The molecule has 0 saturated carbocycles. The number of nitrogens with zero attached hydrogens (tertiary/aromatic N) is 2. The smallest absolute Gasteiger partial charge is 0.408 e. The van der Waals surface area contributed by atoms with E-state index in [-0.39, 0.29) is 18.1 Å². The fraction of sp³-hybridized carbons (Fsp3) is 0.312. The number of primary amides is 1. The molecule has 1 unspecified atom stereocenters. The second kappa shape index (κ2) is 9.16. The van der Waals surface area contributed by atoms with E-state index >= 15 is 0 Å². The Morgan fingerprint density at radius 1 is 1.23 bits per heavy atom. The first-order chi connectivity index (χ1) is 12.5. The highest BCUT2D eigenvalue weighted by Gasteiger charge is 2.24. The number of alkyl carbamates (subject to hydrolysis) is 1. The van der Waals surface area contributed by atoms with E-state index in [2.05, 4.69) is 26.0 Å². The molecule has 0 bridgehead atoms. The van der Waals surface area contributed by atoms with Gasteiger partial charge in [0.05, 0.1) is 0 Å². The summed E-state index contributed by atoms with van der Waals surface area (Å²) < 4.78 is 5.11. The van der Waals surface area contributed by atoms with Crippen LogP contribution in [0, 0.1) is 0 Å². The van der Waals surface area contributed by atoms with Gasteiger partial charge in [0.25, 0.3) is 5.91 Å². The van der Waals surface area contributed by atoms with E-state index in [1.54, 1.807) is 0 Å². The Morgan fingerprint density at radius 2 is 1.96 bits per heavy atom. The number of benzene rings is 1. The third-order valence-electron chi connectivity index (χ3n) is 3.42. The summed E-state index contributed by atoms with van der Waals surface area (Å²) in [6.45, 7) is 1.95. The minimum atomic E-state index is -0.860. The molecule has 2 rings (SSSR count). The predicted octanol–water partition coefficient (Wildman–Crippen LogP) is 0.937. The van der Waals surface area contributed by atoms with Gasteiger partial charge in [0.15, 0.2) is 11.5 Å². The van der Waals surface area contributed by atoms with Crippen LogP contribution < -0.4 is 16.4 Å². The molecular formula is C16H20N6O4. The Morgan fingerprint density at radius 3 is 2.62 bits per heavy atom. The van der Waals surface area contributed by atoms with Crippen molar-refractivity contribution in [3.63, 3.8) is 0 Å². The number of nitrogens with one attached hydrogen (secondary N) is 3. The van der Waals surface area contributed by atoms with Gasteiger partial charge in [-0.25, -0.2) is 4.79 Å². The number of carbonyl (C=O) groups excluding carboxylic acids is 3. The van der Waals surface area contributed by atoms with Gasteiger partial charge in [-0.05, 0) is 12.0 Å². The van der Waals surface area contributed by atoms with Crippen LogP contribution in [-0.2, 0) is 16.1 Å². The fourth-order valence-corrected chi connectivity index (χ4v) is 2.16. The zero-order chi connectivity index (χ0) is 18.9. The molecule has 0 aliphatic rings. The number of carbonyl (C=O) groups is 3. The predicted molar refractivity (Wildman–Crippen MR) is 92.0 cm³/mol. The lowest BCUT2D eigenvalue weighted by molar-refractivity contribution is -0.118. The van der Waals surface area contributed by atoms with Crippen molar-refractivity contribution in [2.45, 2.75) is 32.4 Å². The lowest BCUT2D eigenvalue weighted by Gasteiger charge is -2.17. The first-order valence-corrected chi connectivity index (χ1v) is 8.00. The Hall–Kier alpha value is -3.43. The van der Waals surface area contributed by atoms with Crippen molar-refractivity contribution < 1.29 is 19.1 Å². The lowest BCUT2D eigenvalue weighted by Crippen LogP contribution is -2.44. The second-order valence-electron chi connectivity index (χ2n) is 5.42. The van der Waals surface area contributed by atoms with Crippen LogP contribution in [0.25, 0.3) is 0 Å². The maximum atomic E-state index is 12.4. The maximum absolute atomic E-state index is 12.4. The van der Waals surface area contributed by atoms with E-state index in [4.69, 9.17) is 10.5 Å². The van der Waals surface area contributed by atoms with Crippen molar-refractivity contribution >= 4 is 23.7 Å². The number of H-pyrrole nitrogens is 1. The zero-order valence-electron chi connectivity index (χ0n) is 14.2. The van der Waals surface area contributed by atoms with Crippen LogP contribution in [0.1, 0.15) is 35.8 Å². The molecule has 1 atom stereocenters. The number of hydrogen-bond acceptors (Lipinski definition) is 6. The Kier molecular flexibility index (Phi) is 6.66. The number of aromatic nitrogens is 3. The number of aromatic amines is 1. The van der Waals surface area contributed by atoms with E-state index in [0.29, 0.717) is 12.8 Å². The topological polar surface area (TPSA) is 152 Å². The van der Waals surface area contributed by atoms with Gasteiger partial charge < -0.3 is 21.1 Å². The van der Waals surface area contributed by atoms with Crippen molar-refractivity contribution in [3.8, 4) is 0 Å². The van der Waals surface area contributed by atoms with Gasteiger partial charge in [0.1, 0.15) is 12.6 Å². The largest absolute Gasteiger partial charge is 0.445 e. The van der Waals surface area contributed by atoms with Crippen molar-refractivity contribution in [3.05, 3.63) is 41.6 Å². The number of ether oxygens (including phenoxy) is 1. The molecule has 10 nitrogen and oxygen atoms in total. The molecule has 1 aromatic carbocycles. The SMILES string of the molecule is CCCC(NC(=O)OCc1ccccc1)C(=O)Nc1n[nH]nc1C(N)=O. The van der Waals surface area contributed by atoms with Crippen LogP contribution in [0.2, 0.25) is 0 Å². The molecule has 138 valence electrons. The van der Waals surface area contributed by atoms with Gasteiger partial charge in [0, 0.05) is 0 Å². The average Bonchev–Trinajstić information content (AvgIpc) is 3.09. The summed E-state index contributed by atoms with van der Waals surface area (Å²) in [5, 5.41) is 14.4. The monoisotopic (exact) mass is 360 g/mol. The van der Waals surface area contributed by atoms with Gasteiger partial charge in [0.2, 0.25) is 5.91 Å². The molecule has 1 heterocycles. The number of amides is 3. The third kappa shape index (κ3) is 5.30. The number of nitrogens with two attached hydrogens (primary N) is 1. The van der Waals surface area contributed by atoms with Crippen LogP contribution in [0.15, 0.2) is 30.3 Å². The number of anilines is 1. The summed E-state index contributed by atoms with van der Waals surface area (Å²) in [6, 6.07) is 8.30. The molecule has 0 radical (unpaired) electrons. The lowest BCUT2D eigenvalue weighted by atomic mass is 10.1. The van der Waals surface area contributed by atoms with Crippen molar-refractivity contribution in [2.24, 2.45) is 5.73 Å². The van der Waals surface area contributed by atoms with Gasteiger partial charge >= 0.3 is 6.09 Å². The molecule has 0 spiro atoms. The minimum Gasteiger partial charge on any atom is -0.445 e. The summed E-state index contributed by atoms with van der Waals surface area (Å²) in [7, 11) is 0. The van der Waals surface area contributed by atoms with E-state index in [1.807, 2.05) is 37.3 Å². The summed E-state index contributed by atoms with van der Waals surface area (Å²) >= 11 is 0. The minimum absolute atomic E-state index is 0.0856. The Bertz CT molecular complexity index is 761. The highest BCUT2D eigenvalue weighted by molar-refractivity contribution is 6.02. The van der Waals surface area contributed by atoms with Gasteiger partial charge in [-0.1, -0.05) is 43.7 Å². The number of rotatable bonds is 8. The van der Waals surface area contributed by atoms with Gasteiger partial charge in [-0.2, -0.15) is 5.21 Å². The Balaban J connectivity index is 1.94. The summed E-state index contributed by atoms with van der Waals surface area (Å²) in [5.74, 6) is -1.49. The average molecular weight is 360 g/mol. The van der Waals surface area contributed by atoms with Crippen molar-refractivity contribution in [1.29, 1.82) is 0 Å². The summed E-state index contributed by atoms with van der Waals surface area (Å²) in [5.41, 5.74) is 5.78. The van der Waals surface area contributed by atoms with E-state index < -0.39 is 23.9 Å². The molecule has 5 N–H and O–H groups in total. The quantitative estimate of drug-likeness (QED) is 0.549. The molecular weight excluding hydrogens is 340 g/mol. The van der Waals surface area contributed by atoms with Gasteiger partial charge in [-0.15, -0.1) is 10.2 Å². The normalized spacial score (nSPS) is 11.4. The molecule has 1 aromatic heterocycles. The van der Waals surface area contributed by atoms with E-state index in [9.17, 15) is 14.4 Å². The highest BCUT2D eigenvalue weighted by atomic mass is 16.5. The summed E-state index contributed by atoms with van der Waals surface area (Å²) in [4.78, 5) is 35.5. The maximum Gasteiger partial charge on any atom is 0.408 e. The van der Waals surface area contributed by atoms with Crippen LogP contribution >= 0.6 is 0 Å². The third-order valence-corrected chi connectivity index (χ3v) is 3.42. The summed E-state index contributed by atoms with van der Waals surface area (Å²) in [6.07, 6.45) is 0.284. The molecule has 0 aliphatic heterocycles. The van der Waals surface area contributed by atoms with Crippen molar-refractivity contribution in [2.75, 3.05) is 5.32 Å². The first-order valence-electron chi connectivity index (χ1n) is 8.00.